The van der Waals surface area contributed by atoms with E-state index >= 15 is 0 Å². The predicted molar refractivity (Wildman–Crippen MR) is 84.4 cm³/mol. The fraction of sp³-hybridized carbons (Fsp3) is 0.250. The summed E-state index contributed by atoms with van der Waals surface area (Å²) < 4.78 is 28.3. The molecule has 0 unspecified atom stereocenters. The molecule has 0 spiro atoms. The second-order valence-electron chi connectivity index (χ2n) is 4.30. The van der Waals surface area contributed by atoms with Crippen LogP contribution in [0.25, 0.3) is 0 Å². The van der Waals surface area contributed by atoms with Crippen LogP contribution in [-0.4, -0.2) is 13.4 Å². The summed E-state index contributed by atoms with van der Waals surface area (Å²) in [6, 6.07) is 1.80. The van der Waals surface area contributed by atoms with Crippen molar-refractivity contribution in [1.29, 1.82) is 0 Å². The molecule has 8 heteroatoms. The lowest BCUT2D eigenvalue weighted by Crippen LogP contribution is -2.17. The third-order valence-corrected chi connectivity index (χ3v) is 5.98. The van der Waals surface area contributed by atoms with Crippen LogP contribution >= 0.6 is 27.3 Å². The van der Waals surface area contributed by atoms with Crippen molar-refractivity contribution in [2.24, 2.45) is 5.73 Å². The molecule has 108 valence electrons. The van der Waals surface area contributed by atoms with E-state index in [4.69, 9.17) is 5.73 Å². The summed E-state index contributed by atoms with van der Waals surface area (Å²) in [6.45, 7) is 3.74. The molecule has 0 aliphatic rings. The van der Waals surface area contributed by atoms with Gasteiger partial charge in [-0.05, 0) is 52.4 Å². The molecule has 2 heterocycles. The fourth-order valence-electron chi connectivity index (χ4n) is 1.81. The quantitative estimate of drug-likeness (QED) is 0.859. The van der Waals surface area contributed by atoms with Gasteiger partial charge in [0.2, 0.25) is 0 Å². The van der Waals surface area contributed by atoms with Crippen molar-refractivity contribution in [3.05, 3.63) is 38.1 Å². The molecule has 20 heavy (non-hydrogen) atoms. The van der Waals surface area contributed by atoms with E-state index in [1.54, 1.807) is 31.5 Å². The van der Waals surface area contributed by atoms with Crippen molar-refractivity contribution in [2.75, 3.05) is 4.72 Å². The molecule has 0 aliphatic carbocycles. The predicted octanol–water partition coefficient (Wildman–Crippen LogP) is 2.78. The molecule has 2 aromatic heterocycles. The summed E-state index contributed by atoms with van der Waals surface area (Å²) in [5, 5.41) is 1.79. The highest BCUT2D eigenvalue weighted by atomic mass is 79.9. The third kappa shape index (κ3) is 3.03. The maximum atomic E-state index is 12.5. The number of hydrogen-bond donors (Lipinski definition) is 2. The van der Waals surface area contributed by atoms with Gasteiger partial charge < -0.3 is 5.73 Å². The van der Waals surface area contributed by atoms with E-state index in [-0.39, 0.29) is 11.4 Å². The molecule has 0 saturated carbocycles. The van der Waals surface area contributed by atoms with Crippen molar-refractivity contribution < 1.29 is 8.42 Å². The van der Waals surface area contributed by atoms with Gasteiger partial charge in [-0.1, -0.05) is 0 Å². The lowest BCUT2D eigenvalue weighted by Gasteiger charge is -2.11. The molecule has 2 rings (SSSR count). The minimum absolute atomic E-state index is 0.196. The number of sulfonamides is 1. The monoisotopic (exact) mass is 375 g/mol. The third-order valence-electron chi connectivity index (χ3n) is 2.72. The maximum Gasteiger partial charge on any atom is 0.264 e. The SMILES string of the molecule is Cc1cc(Br)cnc1NS(=O)(=O)c1c(C)csc1CN. The molecule has 0 aromatic carbocycles. The van der Waals surface area contributed by atoms with Gasteiger partial charge in [-0.15, -0.1) is 11.3 Å². The number of hydrogen-bond acceptors (Lipinski definition) is 5. The standard InChI is InChI=1S/C12H14BrN3O2S2/c1-7-3-9(13)5-15-12(7)16-20(17,18)11-8(2)6-19-10(11)4-14/h3,5-6H,4,14H2,1-2H3,(H,15,16). The van der Waals surface area contributed by atoms with Crippen LogP contribution in [0.5, 0.6) is 0 Å². The molecule has 0 amide bonds. The highest BCUT2D eigenvalue weighted by Crippen LogP contribution is 2.28. The smallest absolute Gasteiger partial charge is 0.264 e. The number of anilines is 1. The van der Waals surface area contributed by atoms with Crippen LogP contribution in [-0.2, 0) is 16.6 Å². The summed E-state index contributed by atoms with van der Waals surface area (Å²) in [6.07, 6.45) is 1.55. The van der Waals surface area contributed by atoms with Gasteiger partial charge in [0, 0.05) is 22.1 Å². The number of aromatic nitrogens is 1. The second-order valence-corrected chi connectivity index (χ2v) is 7.80. The summed E-state index contributed by atoms with van der Waals surface area (Å²) in [4.78, 5) is 4.99. The Morgan fingerprint density at radius 3 is 2.70 bits per heavy atom. The number of rotatable bonds is 4. The second kappa shape index (κ2) is 5.80. The van der Waals surface area contributed by atoms with Gasteiger partial charge in [0.05, 0.1) is 0 Å². The lowest BCUT2D eigenvalue weighted by molar-refractivity contribution is 0.600. The van der Waals surface area contributed by atoms with Crippen LogP contribution in [0.15, 0.2) is 27.0 Å². The minimum atomic E-state index is -3.68. The lowest BCUT2D eigenvalue weighted by atomic mass is 10.3. The molecule has 0 radical (unpaired) electrons. The van der Waals surface area contributed by atoms with Gasteiger partial charge in [-0.2, -0.15) is 0 Å². The van der Waals surface area contributed by atoms with Crippen molar-refractivity contribution in [3.8, 4) is 0 Å². The van der Waals surface area contributed by atoms with Crippen molar-refractivity contribution >= 4 is 43.1 Å². The van der Waals surface area contributed by atoms with Gasteiger partial charge in [0.1, 0.15) is 10.7 Å². The number of aryl methyl sites for hydroxylation is 2. The molecule has 0 fully saturated rings. The highest BCUT2D eigenvalue weighted by molar-refractivity contribution is 9.10. The van der Waals surface area contributed by atoms with E-state index in [0.717, 1.165) is 10.0 Å². The van der Waals surface area contributed by atoms with E-state index in [1.165, 1.54) is 11.3 Å². The van der Waals surface area contributed by atoms with E-state index < -0.39 is 10.0 Å². The Morgan fingerprint density at radius 1 is 1.40 bits per heavy atom. The van der Waals surface area contributed by atoms with Crippen LogP contribution in [0.3, 0.4) is 0 Å². The van der Waals surface area contributed by atoms with Gasteiger partial charge in [0.15, 0.2) is 0 Å². The first kappa shape index (κ1) is 15.4. The Bertz CT molecular complexity index is 741. The van der Waals surface area contributed by atoms with Crippen LogP contribution in [0.4, 0.5) is 5.82 Å². The number of thiophene rings is 1. The van der Waals surface area contributed by atoms with Gasteiger partial charge >= 0.3 is 0 Å². The Labute approximate surface area is 130 Å². The number of nitrogens with one attached hydrogen (secondary N) is 1. The zero-order valence-corrected chi connectivity index (χ0v) is 14.2. The summed E-state index contributed by atoms with van der Waals surface area (Å²) >= 11 is 4.64. The average Bonchev–Trinajstić information content (AvgIpc) is 2.75. The largest absolute Gasteiger partial charge is 0.326 e. The molecular formula is C12H14BrN3O2S2. The van der Waals surface area contributed by atoms with E-state index in [1.807, 2.05) is 0 Å². The number of pyridine rings is 1. The van der Waals surface area contributed by atoms with Gasteiger partial charge in [-0.3, -0.25) is 4.72 Å². The Morgan fingerprint density at radius 2 is 2.10 bits per heavy atom. The average molecular weight is 376 g/mol. The normalized spacial score (nSPS) is 11.6. The maximum absolute atomic E-state index is 12.5. The fourth-order valence-corrected chi connectivity index (χ4v) is 5.05. The number of nitrogens with zero attached hydrogens (tertiary/aromatic N) is 1. The first-order valence-electron chi connectivity index (χ1n) is 5.77. The Kier molecular flexibility index (Phi) is 4.48. The zero-order chi connectivity index (χ0) is 14.9. The molecule has 3 N–H and O–H groups in total. The zero-order valence-electron chi connectivity index (χ0n) is 11.0. The molecule has 5 nitrogen and oxygen atoms in total. The molecule has 0 atom stereocenters. The molecule has 0 saturated heterocycles. The van der Waals surface area contributed by atoms with E-state index in [0.29, 0.717) is 16.3 Å². The van der Waals surface area contributed by atoms with E-state index in [2.05, 4.69) is 25.6 Å². The highest BCUT2D eigenvalue weighted by Gasteiger charge is 2.23. The topological polar surface area (TPSA) is 85.1 Å². The molecule has 0 bridgehead atoms. The van der Waals surface area contributed by atoms with Crippen molar-refractivity contribution in [2.45, 2.75) is 25.3 Å². The number of halogens is 1. The summed E-state index contributed by atoms with van der Waals surface area (Å²) in [5.74, 6) is 0.321. The Balaban J connectivity index is 2.43. The van der Waals surface area contributed by atoms with Gasteiger partial charge in [-0.25, -0.2) is 13.4 Å². The summed E-state index contributed by atoms with van der Waals surface area (Å²) in [5.41, 5.74) is 7.03. The van der Waals surface area contributed by atoms with Gasteiger partial charge in [0.25, 0.3) is 10.0 Å². The van der Waals surface area contributed by atoms with Crippen LogP contribution in [0.2, 0.25) is 0 Å². The number of nitrogens with two attached hydrogens (primary N) is 1. The first-order valence-corrected chi connectivity index (χ1v) is 8.92. The van der Waals surface area contributed by atoms with Crippen molar-refractivity contribution in [1.82, 2.24) is 4.98 Å². The first-order chi connectivity index (χ1) is 9.35. The minimum Gasteiger partial charge on any atom is -0.326 e. The van der Waals surface area contributed by atoms with E-state index in [9.17, 15) is 8.42 Å². The van der Waals surface area contributed by atoms with Crippen molar-refractivity contribution in [3.63, 3.8) is 0 Å². The van der Waals surface area contributed by atoms with Crippen LogP contribution in [0, 0.1) is 13.8 Å². The molecular weight excluding hydrogens is 362 g/mol. The molecule has 0 aliphatic heterocycles. The van der Waals surface area contributed by atoms with Crippen LogP contribution in [0.1, 0.15) is 16.0 Å². The Hall–Kier alpha value is -0.960. The molecule has 2 aromatic rings. The van der Waals surface area contributed by atoms with Crippen LogP contribution < -0.4 is 10.5 Å². The summed E-state index contributed by atoms with van der Waals surface area (Å²) in [7, 11) is -3.68.